The number of nitrogens with zero attached hydrogens (tertiary/aromatic N) is 4. The van der Waals surface area contributed by atoms with Crippen molar-refractivity contribution >= 4 is 23.3 Å². The van der Waals surface area contributed by atoms with Crippen LogP contribution in [0.3, 0.4) is 0 Å². The van der Waals surface area contributed by atoms with Gasteiger partial charge < -0.3 is 15.0 Å². The largest absolute Gasteiger partial charge is 0.408 e. The molecule has 1 amide bonds. The molecule has 1 aromatic heterocycles. The van der Waals surface area contributed by atoms with E-state index in [1.54, 1.807) is 11.8 Å². The van der Waals surface area contributed by atoms with Crippen molar-refractivity contribution < 1.29 is 9.72 Å². The molecule has 7 nitrogen and oxygen atoms in total. The number of carbonyl (C=O) groups is 1. The molecular weight excluding hydrogens is 260 g/mol. The van der Waals surface area contributed by atoms with Gasteiger partial charge in [-0.2, -0.15) is 4.68 Å². The number of nitro groups is 1. The van der Waals surface area contributed by atoms with Crippen LogP contribution in [-0.4, -0.2) is 38.6 Å². The first kappa shape index (κ1) is 12.8. The number of likely N-dealkylation sites (tertiary alicyclic amines) is 1. The van der Waals surface area contributed by atoms with E-state index in [1.165, 1.54) is 4.68 Å². The first-order chi connectivity index (χ1) is 8.50. The second kappa shape index (κ2) is 4.93. The second-order valence-electron chi connectivity index (χ2n) is 4.23. The van der Waals surface area contributed by atoms with E-state index in [0.29, 0.717) is 5.69 Å². The number of rotatable bonds is 3. The van der Waals surface area contributed by atoms with E-state index in [1.807, 2.05) is 0 Å². The van der Waals surface area contributed by atoms with Crippen LogP contribution < -0.4 is 0 Å². The van der Waals surface area contributed by atoms with Crippen molar-refractivity contribution in [2.45, 2.75) is 26.3 Å². The zero-order chi connectivity index (χ0) is 13.3. The third kappa shape index (κ3) is 2.31. The number of hydrogen-bond donors (Lipinski definition) is 0. The summed E-state index contributed by atoms with van der Waals surface area (Å²) in [5.74, 6) is -0.479. The van der Waals surface area contributed by atoms with Crippen LogP contribution in [0.1, 0.15) is 18.5 Å². The first-order valence-corrected chi connectivity index (χ1v) is 6.03. The van der Waals surface area contributed by atoms with E-state index < -0.39 is 10.7 Å². The third-order valence-electron chi connectivity index (χ3n) is 3.03. The fraction of sp³-hybridized carbons (Fsp3) is 0.600. The summed E-state index contributed by atoms with van der Waals surface area (Å²) in [5, 5.41) is 14.4. The molecule has 2 rings (SSSR count). The molecule has 0 aliphatic carbocycles. The van der Waals surface area contributed by atoms with Crippen molar-refractivity contribution in [3.8, 4) is 0 Å². The Morgan fingerprint density at radius 2 is 2.11 bits per heavy atom. The van der Waals surface area contributed by atoms with Crippen molar-refractivity contribution in [1.82, 2.24) is 14.7 Å². The van der Waals surface area contributed by atoms with Gasteiger partial charge >= 0.3 is 5.82 Å². The van der Waals surface area contributed by atoms with E-state index in [9.17, 15) is 14.9 Å². The van der Waals surface area contributed by atoms with E-state index in [0.717, 1.165) is 25.9 Å². The summed E-state index contributed by atoms with van der Waals surface area (Å²) >= 11 is 5.80. The highest BCUT2D eigenvalue weighted by Crippen LogP contribution is 2.26. The minimum absolute atomic E-state index is 0.000602. The molecule has 0 radical (unpaired) electrons. The predicted molar refractivity (Wildman–Crippen MR) is 64.4 cm³/mol. The van der Waals surface area contributed by atoms with Crippen LogP contribution in [0.4, 0.5) is 5.82 Å². The zero-order valence-corrected chi connectivity index (χ0v) is 10.7. The number of carbonyl (C=O) groups excluding carboxylic acids is 1. The summed E-state index contributed by atoms with van der Waals surface area (Å²) in [6.45, 7) is 3.10. The molecule has 0 bridgehead atoms. The van der Waals surface area contributed by atoms with Crippen LogP contribution in [0.25, 0.3) is 0 Å². The Hall–Kier alpha value is -1.63. The molecule has 8 heteroatoms. The SMILES string of the molecule is Cc1c(Cl)c([N+](=O)[O-])nn1CC(=O)N1CCCC1. The third-order valence-corrected chi connectivity index (χ3v) is 3.48. The van der Waals surface area contributed by atoms with Gasteiger partial charge in [-0.25, -0.2) is 0 Å². The smallest absolute Gasteiger partial charge is 0.358 e. The molecule has 0 spiro atoms. The van der Waals surface area contributed by atoms with Gasteiger partial charge in [-0.1, -0.05) is 11.6 Å². The average Bonchev–Trinajstić information content (AvgIpc) is 2.92. The Labute approximate surface area is 108 Å². The summed E-state index contributed by atoms with van der Waals surface area (Å²) in [6, 6.07) is 0. The standard InChI is InChI=1S/C10H13ClN4O3/c1-7-9(11)10(15(17)18)12-14(7)6-8(16)13-4-2-3-5-13/h2-6H2,1H3. The maximum Gasteiger partial charge on any atom is 0.408 e. The fourth-order valence-corrected chi connectivity index (χ4v) is 2.18. The Morgan fingerprint density at radius 1 is 1.50 bits per heavy atom. The van der Waals surface area contributed by atoms with Crippen LogP contribution in [0.5, 0.6) is 0 Å². The van der Waals surface area contributed by atoms with E-state index in [4.69, 9.17) is 11.6 Å². The highest BCUT2D eigenvalue weighted by molar-refractivity contribution is 6.33. The molecule has 0 unspecified atom stereocenters. The normalized spacial score (nSPS) is 15.1. The molecule has 1 aromatic rings. The van der Waals surface area contributed by atoms with Crippen LogP contribution in [0.15, 0.2) is 0 Å². The van der Waals surface area contributed by atoms with Crippen LogP contribution in [0, 0.1) is 17.0 Å². The Morgan fingerprint density at radius 3 is 2.61 bits per heavy atom. The monoisotopic (exact) mass is 272 g/mol. The minimum atomic E-state index is -0.647. The maximum absolute atomic E-state index is 11.9. The van der Waals surface area contributed by atoms with E-state index in [-0.39, 0.29) is 17.5 Å². The maximum atomic E-state index is 11.9. The number of amides is 1. The molecule has 1 fully saturated rings. The quantitative estimate of drug-likeness (QED) is 0.615. The molecule has 1 aliphatic rings. The van der Waals surface area contributed by atoms with Crippen molar-refractivity contribution in [2.24, 2.45) is 0 Å². The Balaban J connectivity index is 2.16. The topological polar surface area (TPSA) is 81.3 Å². The predicted octanol–water partition coefficient (Wildman–Crippen LogP) is 1.38. The molecule has 1 saturated heterocycles. The summed E-state index contributed by atoms with van der Waals surface area (Å²) in [5.41, 5.74) is 0.441. The molecule has 2 heterocycles. The van der Waals surface area contributed by atoms with Gasteiger partial charge in [0.2, 0.25) is 5.91 Å². The molecule has 0 atom stereocenters. The van der Waals surface area contributed by atoms with Gasteiger partial charge in [0, 0.05) is 13.1 Å². The van der Waals surface area contributed by atoms with Crippen LogP contribution in [0.2, 0.25) is 5.02 Å². The van der Waals surface area contributed by atoms with Gasteiger partial charge in [0.1, 0.15) is 6.54 Å². The summed E-state index contributed by atoms with van der Waals surface area (Å²) in [6.07, 6.45) is 2.01. The lowest BCUT2D eigenvalue weighted by atomic mass is 10.4. The average molecular weight is 273 g/mol. The molecule has 1 aliphatic heterocycles. The number of halogens is 1. The van der Waals surface area contributed by atoms with Gasteiger partial charge in [-0.15, -0.1) is 0 Å². The van der Waals surface area contributed by atoms with Gasteiger partial charge in [0.05, 0.1) is 10.8 Å². The molecule has 0 saturated carbocycles. The Kier molecular flexibility index (Phi) is 3.51. The lowest BCUT2D eigenvalue weighted by Crippen LogP contribution is -2.31. The lowest BCUT2D eigenvalue weighted by Gasteiger charge is -2.14. The zero-order valence-electron chi connectivity index (χ0n) is 9.93. The lowest BCUT2D eigenvalue weighted by molar-refractivity contribution is -0.389. The summed E-state index contributed by atoms with van der Waals surface area (Å²) in [7, 11) is 0. The van der Waals surface area contributed by atoms with Gasteiger partial charge in [-0.05, 0) is 24.7 Å². The molecule has 0 aromatic carbocycles. The highest BCUT2D eigenvalue weighted by Gasteiger charge is 2.26. The van der Waals surface area contributed by atoms with E-state index in [2.05, 4.69) is 5.10 Å². The van der Waals surface area contributed by atoms with Crippen LogP contribution in [-0.2, 0) is 11.3 Å². The van der Waals surface area contributed by atoms with Gasteiger partial charge in [0.15, 0.2) is 5.02 Å². The molecule has 98 valence electrons. The van der Waals surface area contributed by atoms with Crippen molar-refractivity contribution in [3.63, 3.8) is 0 Å². The van der Waals surface area contributed by atoms with Gasteiger partial charge in [0.25, 0.3) is 0 Å². The number of aromatic nitrogens is 2. The highest BCUT2D eigenvalue weighted by atomic mass is 35.5. The second-order valence-corrected chi connectivity index (χ2v) is 4.60. The summed E-state index contributed by atoms with van der Waals surface area (Å²) < 4.78 is 1.29. The first-order valence-electron chi connectivity index (χ1n) is 5.65. The number of hydrogen-bond acceptors (Lipinski definition) is 4. The van der Waals surface area contributed by atoms with Crippen molar-refractivity contribution in [3.05, 3.63) is 20.8 Å². The minimum Gasteiger partial charge on any atom is -0.358 e. The molecule has 0 N–H and O–H groups in total. The van der Waals surface area contributed by atoms with Crippen molar-refractivity contribution in [2.75, 3.05) is 13.1 Å². The Bertz CT molecular complexity index is 494. The van der Waals surface area contributed by atoms with Crippen LogP contribution >= 0.6 is 11.6 Å². The molecular formula is C10H13ClN4O3. The molecule has 18 heavy (non-hydrogen) atoms. The van der Waals surface area contributed by atoms with Crippen molar-refractivity contribution in [1.29, 1.82) is 0 Å². The fourth-order valence-electron chi connectivity index (χ4n) is 1.97. The summed E-state index contributed by atoms with van der Waals surface area (Å²) in [4.78, 5) is 23.7. The van der Waals surface area contributed by atoms with Gasteiger partial charge in [-0.3, -0.25) is 4.79 Å². The van der Waals surface area contributed by atoms with E-state index >= 15 is 0 Å².